The van der Waals surface area contributed by atoms with E-state index in [0.29, 0.717) is 6.04 Å². The fourth-order valence-electron chi connectivity index (χ4n) is 0.942. The highest BCUT2D eigenvalue weighted by molar-refractivity contribution is 9.11. The Kier molecular flexibility index (Phi) is 4.09. The summed E-state index contributed by atoms with van der Waals surface area (Å²) in [4.78, 5) is 5.48. The molecule has 0 aromatic carbocycles. The van der Waals surface area contributed by atoms with Gasteiger partial charge in [-0.25, -0.2) is 4.98 Å². The average molecular weight is 261 g/mol. The van der Waals surface area contributed by atoms with Crippen molar-refractivity contribution in [1.29, 1.82) is 0 Å². The first kappa shape index (κ1) is 10.9. The van der Waals surface area contributed by atoms with Crippen LogP contribution in [0.1, 0.15) is 22.9 Å². The van der Waals surface area contributed by atoms with E-state index in [2.05, 4.69) is 39.7 Å². The number of hydrogen-bond donors (Lipinski definition) is 1. The second-order valence-electron chi connectivity index (χ2n) is 2.90. The third kappa shape index (κ3) is 3.58. The minimum atomic E-state index is 0.348. The molecule has 1 aromatic heterocycles. The summed E-state index contributed by atoms with van der Waals surface area (Å²) in [5.74, 6) is 0. The lowest BCUT2D eigenvalue weighted by Crippen LogP contribution is -2.18. The van der Waals surface area contributed by atoms with Crippen LogP contribution in [0.4, 0.5) is 0 Å². The molecule has 1 heterocycles. The number of rotatable bonds is 4. The molecule has 0 saturated carbocycles. The van der Waals surface area contributed by atoms with Crippen molar-refractivity contribution in [3.05, 3.63) is 27.1 Å². The molecule has 1 rings (SSSR count). The van der Waals surface area contributed by atoms with Crippen LogP contribution in [0.3, 0.4) is 0 Å². The third-order valence-electron chi connectivity index (χ3n) is 1.67. The Balaban J connectivity index is 2.48. The van der Waals surface area contributed by atoms with Crippen LogP contribution in [0.2, 0.25) is 0 Å². The highest BCUT2D eigenvalue weighted by Gasteiger charge is 2.07. The molecule has 0 amide bonds. The standard InChI is InChI=1S/C9H13BrN2S/c1-6(10)4-11-7(2)9-5-12-8(3)13-9/h5,7,11H,1,4H2,2-3H3. The first-order chi connectivity index (χ1) is 6.09. The number of thiazole rings is 1. The summed E-state index contributed by atoms with van der Waals surface area (Å²) < 4.78 is 0.973. The first-order valence-electron chi connectivity index (χ1n) is 4.08. The smallest absolute Gasteiger partial charge is 0.0897 e. The predicted molar refractivity (Wildman–Crippen MR) is 61.3 cm³/mol. The summed E-state index contributed by atoms with van der Waals surface area (Å²) in [6, 6.07) is 0.348. The van der Waals surface area contributed by atoms with Crippen molar-refractivity contribution in [3.8, 4) is 0 Å². The quantitative estimate of drug-likeness (QED) is 0.901. The van der Waals surface area contributed by atoms with Crippen molar-refractivity contribution in [2.45, 2.75) is 19.9 Å². The van der Waals surface area contributed by atoms with Crippen LogP contribution in [0.5, 0.6) is 0 Å². The summed E-state index contributed by atoms with van der Waals surface area (Å²) >= 11 is 5.04. The maximum absolute atomic E-state index is 4.21. The van der Waals surface area contributed by atoms with Gasteiger partial charge in [0.05, 0.1) is 5.01 Å². The first-order valence-corrected chi connectivity index (χ1v) is 5.69. The lowest BCUT2D eigenvalue weighted by Gasteiger charge is -2.10. The number of aromatic nitrogens is 1. The van der Waals surface area contributed by atoms with Crippen molar-refractivity contribution >= 4 is 27.3 Å². The van der Waals surface area contributed by atoms with E-state index in [0.717, 1.165) is 16.0 Å². The molecule has 0 spiro atoms. The number of nitrogens with one attached hydrogen (secondary N) is 1. The van der Waals surface area contributed by atoms with Gasteiger partial charge in [0.2, 0.25) is 0 Å². The van der Waals surface area contributed by atoms with Crippen molar-refractivity contribution < 1.29 is 0 Å². The van der Waals surface area contributed by atoms with Crippen molar-refractivity contribution in [1.82, 2.24) is 10.3 Å². The summed E-state index contributed by atoms with van der Waals surface area (Å²) in [7, 11) is 0. The van der Waals surface area contributed by atoms with E-state index in [1.165, 1.54) is 4.88 Å². The average Bonchev–Trinajstić information content (AvgIpc) is 2.47. The van der Waals surface area contributed by atoms with Gasteiger partial charge in [-0.3, -0.25) is 0 Å². The SMILES string of the molecule is C=C(Br)CNC(C)c1cnc(C)s1. The van der Waals surface area contributed by atoms with E-state index in [1.54, 1.807) is 11.3 Å². The summed E-state index contributed by atoms with van der Waals surface area (Å²) in [5, 5.41) is 4.45. The molecule has 0 radical (unpaired) electrons. The Hall–Kier alpha value is -0.190. The Bertz CT molecular complexity index is 296. The van der Waals surface area contributed by atoms with Crippen molar-refractivity contribution in [3.63, 3.8) is 0 Å². The molecule has 0 bridgehead atoms. The van der Waals surface area contributed by atoms with Crippen LogP contribution in [0.25, 0.3) is 0 Å². The molecule has 0 aliphatic rings. The monoisotopic (exact) mass is 260 g/mol. The highest BCUT2D eigenvalue weighted by atomic mass is 79.9. The Labute approximate surface area is 91.2 Å². The van der Waals surface area contributed by atoms with Gasteiger partial charge in [-0.2, -0.15) is 0 Å². The van der Waals surface area contributed by atoms with Gasteiger partial charge in [-0.15, -0.1) is 11.3 Å². The number of halogens is 1. The Morgan fingerprint density at radius 3 is 3.00 bits per heavy atom. The van der Waals surface area contributed by atoms with Crippen LogP contribution in [0.15, 0.2) is 17.3 Å². The predicted octanol–water partition coefficient (Wildman–Crippen LogP) is 3.01. The largest absolute Gasteiger partial charge is 0.305 e. The maximum Gasteiger partial charge on any atom is 0.0897 e. The van der Waals surface area contributed by atoms with E-state index in [9.17, 15) is 0 Å². The van der Waals surface area contributed by atoms with Crippen molar-refractivity contribution in [2.24, 2.45) is 0 Å². The van der Waals surface area contributed by atoms with Crippen molar-refractivity contribution in [2.75, 3.05) is 6.54 Å². The van der Waals surface area contributed by atoms with Gasteiger partial charge in [-0.1, -0.05) is 22.5 Å². The fraction of sp³-hybridized carbons (Fsp3) is 0.444. The lowest BCUT2D eigenvalue weighted by atomic mass is 10.3. The van der Waals surface area contributed by atoms with Gasteiger partial charge in [0.1, 0.15) is 0 Å². The molecule has 1 N–H and O–H groups in total. The molecule has 1 atom stereocenters. The number of hydrogen-bond acceptors (Lipinski definition) is 3. The van der Waals surface area contributed by atoms with Crippen LogP contribution >= 0.6 is 27.3 Å². The van der Waals surface area contributed by atoms with Crippen LogP contribution < -0.4 is 5.32 Å². The number of aryl methyl sites for hydroxylation is 1. The van der Waals surface area contributed by atoms with Gasteiger partial charge in [0.25, 0.3) is 0 Å². The molecular formula is C9H13BrN2S. The second-order valence-corrected chi connectivity index (χ2v) is 5.29. The molecule has 0 aliphatic heterocycles. The highest BCUT2D eigenvalue weighted by Crippen LogP contribution is 2.19. The summed E-state index contributed by atoms with van der Waals surface area (Å²) in [6.45, 7) is 8.70. The minimum absolute atomic E-state index is 0.348. The van der Waals surface area contributed by atoms with Crippen LogP contribution in [-0.2, 0) is 0 Å². The molecule has 1 aromatic rings. The van der Waals surface area contributed by atoms with Gasteiger partial charge in [0.15, 0.2) is 0 Å². The van der Waals surface area contributed by atoms with E-state index >= 15 is 0 Å². The maximum atomic E-state index is 4.21. The van der Waals surface area contributed by atoms with Gasteiger partial charge in [-0.05, 0) is 13.8 Å². The molecule has 13 heavy (non-hydrogen) atoms. The summed E-state index contributed by atoms with van der Waals surface area (Å²) in [5.41, 5.74) is 0. The summed E-state index contributed by atoms with van der Waals surface area (Å²) in [6.07, 6.45) is 1.93. The normalized spacial score (nSPS) is 12.8. The minimum Gasteiger partial charge on any atom is -0.305 e. The van der Waals surface area contributed by atoms with E-state index in [1.807, 2.05) is 13.1 Å². The lowest BCUT2D eigenvalue weighted by molar-refractivity contribution is 0.624. The molecular weight excluding hydrogens is 248 g/mol. The molecule has 0 fully saturated rings. The molecule has 0 saturated heterocycles. The second kappa shape index (κ2) is 4.88. The van der Waals surface area contributed by atoms with E-state index in [-0.39, 0.29) is 0 Å². The van der Waals surface area contributed by atoms with Gasteiger partial charge >= 0.3 is 0 Å². The Morgan fingerprint density at radius 1 is 1.85 bits per heavy atom. The van der Waals surface area contributed by atoms with E-state index in [4.69, 9.17) is 0 Å². The Morgan fingerprint density at radius 2 is 2.54 bits per heavy atom. The zero-order valence-electron chi connectivity index (χ0n) is 7.80. The molecule has 4 heteroatoms. The zero-order chi connectivity index (χ0) is 9.84. The van der Waals surface area contributed by atoms with Crippen LogP contribution in [-0.4, -0.2) is 11.5 Å². The molecule has 1 unspecified atom stereocenters. The van der Waals surface area contributed by atoms with Crippen LogP contribution in [0, 0.1) is 6.92 Å². The third-order valence-corrected chi connectivity index (χ3v) is 3.04. The molecule has 0 aliphatic carbocycles. The number of nitrogens with zero attached hydrogens (tertiary/aromatic N) is 1. The molecule has 2 nitrogen and oxygen atoms in total. The van der Waals surface area contributed by atoms with E-state index < -0.39 is 0 Å². The fourth-order valence-corrected chi connectivity index (χ4v) is 1.92. The topological polar surface area (TPSA) is 24.9 Å². The van der Waals surface area contributed by atoms with Gasteiger partial charge < -0.3 is 5.32 Å². The molecule has 72 valence electrons. The zero-order valence-corrected chi connectivity index (χ0v) is 10.2. The van der Waals surface area contributed by atoms with Gasteiger partial charge in [0, 0.05) is 28.1 Å².